The zero-order valence-corrected chi connectivity index (χ0v) is 19.3. The quantitative estimate of drug-likeness (QED) is 0.407. The number of hydrogen-bond donors (Lipinski definition) is 2. The zero-order chi connectivity index (χ0) is 23.2. The van der Waals surface area contributed by atoms with Crippen LogP contribution in [0.1, 0.15) is 30.4 Å². The fourth-order valence-electron chi connectivity index (χ4n) is 4.39. The highest BCUT2D eigenvalue weighted by Crippen LogP contribution is 2.31. The first-order chi connectivity index (χ1) is 16.8. The van der Waals surface area contributed by atoms with Gasteiger partial charge in [-0.05, 0) is 60.8 Å². The maximum atomic E-state index is 6.14. The molecule has 0 atom stereocenters. The van der Waals surface area contributed by atoms with Gasteiger partial charge in [0.05, 0.1) is 11.9 Å². The smallest absolute Gasteiger partial charge is 0.231 e. The summed E-state index contributed by atoms with van der Waals surface area (Å²) in [6, 6.07) is 18.7. The molecule has 3 N–H and O–H groups in total. The van der Waals surface area contributed by atoms with Gasteiger partial charge in [-0.2, -0.15) is 0 Å². The highest BCUT2D eigenvalue weighted by molar-refractivity contribution is 5.87. The van der Waals surface area contributed by atoms with E-state index in [1.807, 2.05) is 24.3 Å². The van der Waals surface area contributed by atoms with Crippen LogP contribution in [0.4, 0.5) is 0 Å². The average Bonchev–Trinajstić information content (AvgIpc) is 3.31. The molecule has 2 aromatic carbocycles. The second-order valence-electron chi connectivity index (χ2n) is 8.64. The van der Waals surface area contributed by atoms with Crippen LogP contribution in [0.25, 0.3) is 22.3 Å². The van der Waals surface area contributed by atoms with E-state index in [1.165, 1.54) is 44.2 Å². The third-order valence-electron chi connectivity index (χ3n) is 6.14. The van der Waals surface area contributed by atoms with Crippen molar-refractivity contribution in [1.82, 2.24) is 19.9 Å². The van der Waals surface area contributed by atoms with E-state index in [1.54, 1.807) is 0 Å². The first-order valence-corrected chi connectivity index (χ1v) is 11.9. The van der Waals surface area contributed by atoms with E-state index >= 15 is 0 Å². The van der Waals surface area contributed by atoms with Crippen molar-refractivity contribution < 1.29 is 4.74 Å². The minimum absolute atomic E-state index is 0.367. The SMILES string of the molecule is NCC#CCc1cccc(Oc2ncnc3[nH]c(-c4ccc(CN5CCCCC5)cc4)cc23)c1. The van der Waals surface area contributed by atoms with Crippen LogP contribution in [-0.2, 0) is 13.0 Å². The molecule has 2 aromatic heterocycles. The maximum Gasteiger partial charge on any atom is 0.231 e. The number of hydrogen-bond acceptors (Lipinski definition) is 5. The number of nitrogens with zero attached hydrogens (tertiary/aromatic N) is 3. The van der Waals surface area contributed by atoms with Gasteiger partial charge in [0, 0.05) is 18.7 Å². The van der Waals surface area contributed by atoms with Crippen molar-refractivity contribution in [3.05, 3.63) is 72.1 Å². The molecule has 1 fully saturated rings. The van der Waals surface area contributed by atoms with Gasteiger partial charge in [0.25, 0.3) is 0 Å². The number of aromatic nitrogens is 3. The molecule has 6 nitrogen and oxygen atoms in total. The van der Waals surface area contributed by atoms with Crippen LogP contribution in [-0.4, -0.2) is 39.5 Å². The summed E-state index contributed by atoms with van der Waals surface area (Å²) in [4.78, 5) is 14.8. The molecule has 0 unspecified atom stereocenters. The first-order valence-electron chi connectivity index (χ1n) is 11.9. The third-order valence-corrected chi connectivity index (χ3v) is 6.14. The van der Waals surface area contributed by atoms with Crippen molar-refractivity contribution in [1.29, 1.82) is 0 Å². The van der Waals surface area contributed by atoms with Gasteiger partial charge in [-0.25, -0.2) is 9.97 Å². The van der Waals surface area contributed by atoms with E-state index in [-0.39, 0.29) is 0 Å². The Hall–Kier alpha value is -3.66. The molecule has 0 amide bonds. The van der Waals surface area contributed by atoms with Crippen molar-refractivity contribution in [2.45, 2.75) is 32.2 Å². The molecule has 4 aromatic rings. The Labute approximate surface area is 200 Å². The van der Waals surface area contributed by atoms with Gasteiger partial charge in [0.15, 0.2) is 0 Å². The fourth-order valence-corrected chi connectivity index (χ4v) is 4.39. The lowest BCUT2D eigenvalue weighted by Crippen LogP contribution is -2.28. The van der Waals surface area contributed by atoms with E-state index in [0.717, 1.165) is 40.1 Å². The number of fused-ring (bicyclic) bond motifs is 1. The van der Waals surface area contributed by atoms with Gasteiger partial charge >= 0.3 is 0 Å². The Bertz CT molecular complexity index is 1310. The summed E-state index contributed by atoms with van der Waals surface area (Å²) in [6.07, 6.45) is 6.14. The molecule has 34 heavy (non-hydrogen) atoms. The van der Waals surface area contributed by atoms with Crippen molar-refractivity contribution >= 4 is 11.0 Å². The van der Waals surface area contributed by atoms with Crippen LogP contribution < -0.4 is 10.5 Å². The molecule has 1 aliphatic rings. The molecule has 3 heterocycles. The van der Waals surface area contributed by atoms with Gasteiger partial charge in [0.2, 0.25) is 5.88 Å². The number of nitrogens with one attached hydrogen (secondary N) is 1. The topological polar surface area (TPSA) is 80.1 Å². The van der Waals surface area contributed by atoms with Gasteiger partial charge in [-0.1, -0.05) is 54.7 Å². The van der Waals surface area contributed by atoms with Crippen LogP contribution in [0.5, 0.6) is 11.6 Å². The number of H-pyrrole nitrogens is 1. The number of piperidine rings is 1. The molecule has 1 aliphatic heterocycles. The Kier molecular flexibility index (Phi) is 6.85. The van der Waals surface area contributed by atoms with Crippen molar-refractivity contribution in [2.24, 2.45) is 5.73 Å². The lowest BCUT2D eigenvalue weighted by molar-refractivity contribution is 0.221. The maximum absolute atomic E-state index is 6.14. The Morgan fingerprint density at radius 3 is 2.62 bits per heavy atom. The Morgan fingerprint density at radius 2 is 1.79 bits per heavy atom. The minimum atomic E-state index is 0.367. The summed E-state index contributed by atoms with van der Waals surface area (Å²) in [5.41, 5.74) is 10.7. The number of rotatable bonds is 6. The van der Waals surface area contributed by atoms with Gasteiger partial charge in [-0.3, -0.25) is 4.90 Å². The molecule has 1 saturated heterocycles. The highest BCUT2D eigenvalue weighted by atomic mass is 16.5. The summed E-state index contributed by atoms with van der Waals surface area (Å²) < 4.78 is 6.14. The predicted octanol–water partition coefficient (Wildman–Crippen LogP) is 4.91. The van der Waals surface area contributed by atoms with E-state index in [0.29, 0.717) is 18.8 Å². The second kappa shape index (κ2) is 10.5. The number of ether oxygens (including phenoxy) is 1. The first kappa shape index (κ1) is 22.1. The monoisotopic (exact) mass is 451 g/mol. The lowest BCUT2D eigenvalue weighted by atomic mass is 10.1. The van der Waals surface area contributed by atoms with Crippen molar-refractivity contribution in [3.8, 4) is 34.7 Å². The summed E-state index contributed by atoms with van der Waals surface area (Å²) in [6.45, 7) is 3.80. The molecule has 0 saturated carbocycles. The fraction of sp³-hybridized carbons (Fsp3) is 0.286. The standard InChI is InChI=1S/C28H29N5O/c29-14-3-2-7-21-8-6-9-24(17-21)34-28-25-18-26(32-27(25)30-20-31-28)23-12-10-22(11-13-23)19-33-15-4-1-5-16-33/h6,8-13,17-18,20H,1,4-5,7,14-16,19,29H2,(H,30,31,32). The molecule has 0 radical (unpaired) electrons. The van der Waals surface area contributed by atoms with E-state index < -0.39 is 0 Å². The van der Waals surface area contributed by atoms with E-state index in [9.17, 15) is 0 Å². The number of likely N-dealkylation sites (tertiary alicyclic amines) is 1. The predicted molar refractivity (Wildman–Crippen MR) is 136 cm³/mol. The van der Waals surface area contributed by atoms with Crippen LogP contribution in [0, 0.1) is 11.8 Å². The molecule has 0 aliphatic carbocycles. The van der Waals surface area contributed by atoms with E-state index in [2.05, 4.69) is 62.0 Å². The number of nitrogens with two attached hydrogens (primary N) is 1. The van der Waals surface area contributed by atoms with Crippen molar-refractivity contribution in [2.75, 3.05) is 19.6 Å². The molecule has 0 spiro atoms. The normalized spacial score (nSPS) is 14.0. The van der Waals surface area contributed by atoms with Crippen LogP contribution in [0.2, 0.25) is 0 Å². The summed E-state index contributed by atoms with van der Waals surface area (Å²) >= 11 is 0. The Morgan fingerprint density at radius 1 is 0.941 bits per heavy atom. The molecule has 0 bridgehead atoms. The molecular formula is C28H29N5O. The van der Waals surface area contributed by atoms with Crippen molar-refractivity contribution in [3.63, 3.8) is 0 Å². The minimum Gasteiger partial charge on any atom is -0.438 e. The molecular weight excluding hydrogens is 422 g/mol. The zero-order valence-electron chi connectivity index (χ0n) is 19.3. The van der Waals surface area contributed by atoms with Crippen LogP contribution >= 0.6 is 0 Å². The Balaban J connectivity index is 1.34. The average molecular weight is 452 g/mol. The second-order valence-corrected chi connectivity index (χ2v) is 8.64. The molecule has 5 rings (SSSR count). The van der Waals surface area contributed by atoms with E-state index in [4.69, 9.17) is 10.5 Å². The summed E-state index contributed by atoms with van der Waals surface area (Å²) in [5, 5.41) is 0.850. The van der Waals surface area contributed by atoms with Gasteiger partial charge in [-0.15, -0.1) is 0 Å². The number of benzene rings is 2. The van der Waals surface area contributed by atoms with Crippen LogP contribution in [0.3, 0.4) is 0 Å². The van der Waals surface area contributed by atoms with Gasteiger partial charge in [0.1, 0.15) is 17.7 Å². The molecule has 172 valence electrons. The lowest BCUT2D eigenvalue weighted by Gasteiger charge is -2.26. The molecule has 6 heteroatoms. The highest BCUT2D eigenvalue weighted by Gasteiger charge is 2.13. The largest absolute Gasteiger partial charge is 0.438 e. The van der Waals surface area contributed by atoms with Gasteiger partial charge < -0.3 is 15.5 Å². The summed E-state index contributed by atoms with van der Waals surface area (Å²) in [5.74, 6) is 7.19. The third kappa shape index (κ3) is 5.28. The summed E-state index contributed by atoms with van der Waals surface area (Å²) in [7, 11) is 0. The van der Waals surface area contributed by atoms with Crippen LogP contribution in [0.15, 0.2) is 60.9 Å². The number of aromatic amines is 1.